The van der Waals surface area contributed by atoms with Gasteiger partial charge < -0.3 is 4.74 Å². The molecule has 0 saturated carbocycles. The van der Waals surface area contributed by atoms with Crippen molar-refractivity contribution in [2.45, 2.75) is 51.4 Å². The van der Waals surface area contributed by atoms with Crippen LogP contribution in [0.15, 0.2) is 35.1 Å². The molecule has 0 radical (unpaired) electrons. The number of benzene rings is 1. The van der Waals surface area contributed by atoms with Gasteiger partial charge in [-0.2, -0.15) is 13.2 Å². The molecule has 0 unspecified atom stereocenters. The van der Waals surface area contributed by atoms with E-state index in [4.69, 9.17) is 17.0 Å². The van der Waals surface area contributed by atoms with Crippen LogP contribution in [0.2, 0.25) is 0 Å². The number of nitrogens with one attached hydrogen (secondary N) is 1. The summed E-state index contributed by atoms with van der Waals surface area (Å²) < 4.78 is 49.0. The highest BCUT2D eigenvalue weighted by Crippen LogP contribution is 2.36. The molecule has 2 aromatic heterocycles. The first-order chi connectivity index (χ1) is 14.6. The van der Waals surface area contributed by atoms with Gasteiger partial charge in [-0.1, -0.05) is 38.1 Å². The lowest BCUT2D eigenvalue weighted by Crippen LogP contribution is -2.24. The molecule has 1 aliphatic heterocycles. The van der Waals surface area contributed by atoms with Gasteiger partial charge in [0.15, 0.2) is 4.77 Å². The van der Waals surface area contributed by atoms with Crippen molar-refractivity contribution >= 4 is 23.3 Å². The molecule has 4 rings (SSSR count). The number of aromatic amines is 1. The molecule has 0 bridgehead atoms. The fraction of sp³-hybridized carbons (Fsp3) is 0.409. The zero-order valence-electron chi connectivity index (χ0n) is 17.1. The van der Waals surface area contributed by atoms with Crippen LogP contribution < -0.4 is 5.56 Å². The topological polar surface area (TPSA) is 59.9 Å². The summed E-state index contributed by atoms with van der Waals surface area (Å²) in [6, 6.07) is 8.17. The Hall–Kier alpha value is -2.52. The minimum absolute atomic E-state index is 0.0286. The summed E-state index contributed by atoms with van der Waals surface area (Å²) in [7, 11) is 0. The number of fused-ring (bicyclic) bond motifs is 1. The van der Waals surface area contributed by atoms with E-state index in [0.29, 0.717) is 18.1 Å². The third-order valence-electron chi connectivity index (χ3n) is 5.54. The van der Waals surface area contributed by atoms with Crippen molar-refractivity contribution in [3.63, 3.8) is 0 Å². The summed E-state index contributed by atoms with van der Waals surface area (Å²) in [5, 5.41) is -0.512. The SMILES string of the molecule is CC(C)c1ccc(-c2cc(C(F)(F)F)c3c(=O)[nH]c(=S)n(C[C@@H]4CCCO4)c3n2)cc1. The normalized spacial score (nSPS) is 17.0. The first-order valence-electron chi connectivity index (χ1n) is 10.1. The maximum atomic E-state index is 14.0. The molecule has 0 spiro atoms. The van der Waals surface area contributed by atoms with Crippen LogP contribution in [-0.2, 0) is 17.5 Å². The Morgan fingerprint density at radius 2 is 2.00 bits per heavy atom. The maximum Gasteiger partial charge on any atom is 0.417 e. The molecule has 0 aliphatic carbocycles. The molecule has 1 saturated heterocycles. The average molecular weight is 449 g/mol. The summed E-state index contributed by atoms with van der Waals surface area (Å²) in [6.45, 7) is 4.90. The van der Waals surface area contributed by atoms with E-state index in [1.807, 2.05) is 26.0 Å². The second kappa shape index (κ2) is 8.20. The Labute approximate surface area is 181 Å². The number of H-pyrrole nitrogens is 1. The van der Waals surface area contributed by atoms with Crippen LogP contribution in [-0.4, -0.2) is 27.2 Å². The van der Waals surface area contributed by atoms with Gasteiger partial charge in [-0.3, -0.25) is 14.3 Å². The molecule has 1 atom stereocenters. The Morgan fingerprint density at radius 3 is 2.58 bits per heavy atom. The predicted octanol–water partition coefficient (Wildman–Crippen LogP) is 5.44. The quantitative estimate of drug-likeness (QED) is 0.539. The minimum Gasteiger partial charge on any atom is -0.376 e. The molecule has 164 valence electrons. The Morgan fingerprint density at radius 1 is 1.29 bits per heavy atom. The maximum absolute atomic E-state index is 14.0. The average Bonchev–Trinajstić information content (AvgIpc) is 3.23. The van der Waals surface area contributed by atoms with Crippen molar-refractivity contribution in [1.82, 2.24) is 14.5 Å². The third-order valence-corrected chi connectivity index (χ3v) is 5.86. The van der Waals surface area contributed by atoms with Crippen LogP contribution >= 0.6 is 12.2 Å². The zero-order chi connectivity index (χ0) is 22.3. The number of ether oxygens (including phenoxy) is 1. The highest BCUT2D eigenvalue weighted by Gasteiger charge is 2.35. The molecule has 31 heavy (non-hydrogen) atoms. The first-order valence-corrected chi connectivity index (χ1v) is 10.5. The zero-order valence-corrected chi connectivity index (χ0v) is 17.9. The molecule has 3 heterocycles. The summed E-state index contributed by atoms with van der Waals surface area (Å²) in [4.78, 5) is 19.4. The summed E-state index contributed by atoms with van der Waals surface area (Å²) in [5.41, 5.74) is -0.272. The van der Waals surface area contributed by atoms with Crippen molar-refractivity contribution in [3.8, 4) is 11.3 Å². The van der Waals surface area contributed by atoms with E-state index >= 15 is 0 Å². The number of hydrogen-bond donors (Lipinski definition) is 1. The first kappa shape index (κ1) is 21.7. The Bertz CT molecular complexity index is 1220. The molecule has 5 nitrogen and oxygen atoms in total. The van der Waals surface area contributed by atoms with E-state index in [-0.39, 0.29) is 28.8 Å². The van der Waals surface area contributed by atoms with E-state index in [1.165, 1.54) is 4.57 Å². The van der Waals surface area contributed by atoms with Crippen molar-refractivity contribution in [1.29, 1.82) is 0 Å². The Kier molecular flexibility index (Phi) is 5.74. The lowest BCUT2D eigenvalue weighted by molar-refractivity contribution is -0.136. The number of halogens is 3. The number of nitrogens with zero attached hydrogens (tertiary/aromatic N) is 2. The van der Waals surface area contributed by atoms with Crippen molar-refractivity contribution in [2.75, 3.05) is 6.61 Å². The summed E-state index contributed by atoms with van der Waals surface area (Å²) in [6.07, 6.45) is -3.28. The van der Waals surface area contributed by atoms with Gasteiger partial charge in [0.05, 0.1) is 29.3 Å². The van der Waals surface area contributed by atoms with Gasteiger partial charge >= 0.3 is 6.18 Å². The number of aromatic nitrogens is 3. The number of alkyl halides is 3. The number of rotatable bonds is 4. The Balaban J connectivity index is 1.98. The molecule has 1 N–H and O–H groups in total. The fourth-order valence-electron chi connectivity index (χ4n) is 3.85. The highest BCUT2D eigenvalue weighted by atomic mass is 32.1. The summed E-state index contributed by atoms with van der Waals surface area (Å²) in [5.74, 6) is 0.291. The predicted molar refractivity (Wildman–Crippen MR) is 115 cm³/mol. The van der Waals surface area contributed by atoms with Crippen molar-refractivity contribution in [2.24, 2.45) is 0 Å². The van der Waals surface area contributed by atoms with Gasteiger partial charge in [-0.15, -0.1) is 0 Å². The fourth-order valence-corrected chi connectivity index (χ4v) is 4.10. The van der Waals surface area contributed by atoms with Crippen LogP contribution in [0.4, 0.5) is 13.2 Å². The van der Waals surface area contributed by atoms with Crippen LogP contribution in [0.1, 0.15) is 43.7 Å². The molecular formula is C22H22F3N3O2S. The number of hydrogen-bond acceptors (Lipinski definition) is 4. The van der Waals surface area contributed by atoms with E-state index in [1.54, 1.807) is 12.1 Å². The lowest BCUT2D eigenvalue weighted by atomic mass is 10.00. The standard InChI is InChI=1S/C22H22F3N3O2S/c1-12(2)13-5-7-14(8-6-13)17-10-16(22(23,24)25)18-19(26-17)28(21(31)27-20(18)29)11-15-4-3-9-30-15/h5-8,10,12,15H,3-4,9,11H2,1-2H3,(H,27,29,31)/t15-/m0/s1. The van der Waals surface area contributed by atoms with Gasteiger partial charge in [0, 0.05) is 12.2 Å². The molecule has 1 aromatic carbocycles. The molecular weight excluding hydrogens is 427 g/mol. The van der Waals surface area contributed by atoms with Crippen molar-refractivity contribution in [3.05, 3.63) is 56.6 Å². The lowest BCUT2D eigenvalue weighted by Gasteiger charge is -2.18. The van der Waals surface area contributed by atoms with Crippen molar-refractivity contribution < 1.29 is 17.9 Å². The van der Waals surface area contributed by atoms with E-state index in [2.05, 4.69) is 9.97 Å². The number of pyridine rings is 1. The van der Waals surface area contributed by atoms with E-state index in [9.17, 15) is 18.0 Å². The molecule has 1 aliphatic rings. The van der Waals surface area contributed by atoms with E-state index < -0.39 is 22.7 Å². The van der Waals surface area contributed by atoms with Gasteiger partial charge in [-0.05, 0) is 42.6 Å². The second-order valence-corrected chi connectivity index (χ2v) is 8.42. The summed E-state index contributed by atoms with van der Waals surface area (Å²) >= 11 is 5.27. The molecule has 0 amide bonds. The van der Waals surface area contributed by atoms with Gasteiger partial charge in [0.2, 0.25) is 0 Å². The van der Waals surface area contributed by atoms with Crippen LogP contribution in [0.3, 0.4) is 0 Å². The monoisotopic (exact) mass is 449 g/mol. The van der Waals surface area contributed by atoms with Crippen LogP contribution in [0, 0.1) is 4.77 Å². The molecule has 9 heteroatoms. The van der Waals surface area contributed by atoms with Gasteiger partial charge in [0.1, 0.15) is 5.65 Å². The highest BCUT2D eigenvalue weighted by molar-refractivity contribution is 7.71. The van der Waals surface area contributed by atoms with Crippen LogP contribution in [0.5, 0.6) is 0 Å². The molecule has 3 aromatic rings. The molecule has 1 fully saturated rings. The van der Waals surface area contributed by atoms with Crippen LogP contribution in [0.25, 0.3) is 22.3 Å². The smallest absolute Gasteiger partial charge is 0.376 e. The minimum atomic E-state index is -4.73. The largest absolute Gasteiger partial charge is 0.417 e. The van der Waals surface area contributed by atoms with Gasteiger partial charge in [-0.25, -0.2) is 4.98 Å². The van der Waals surface area contributed by atoms with E-state index in [0.717, 1.165) is 24.5 Å². The second-order valence-electron chi connectivity index (χ2n) is 8.03. The third kappa shape index (κ3) is 4.29. The van der Waals surface area contributed by atoms with Gasteiger partial charge in [0.25, 0.3) is 5.56 Å².